The van der Waals surface area contributed by atoms with Gasteiger partial charge in [-0.25, -0.2) is 0 Å². The van der Waals surface area contributed by atoms with E-state index in [2.05, 4.69) is 0 Å². The van der Waals surface area contributed by atoms with Gasteiger partial charge < -0.3 is 9.47 Å². The number of carbonyl (C=O) groups is 2. The van der Waals surface area contributed by atoms with Crippen molar-refractivity contribution in [1.82, 2.24) is 0 Å². The Morgan fingerprint density at radius 3 is 1.35 bits per heavy atom. The van der Waals surface area contributed by atoms with Crippen LogP contribution in [0.4, 0.5) is 0 Å². The highest BCUT2D eigenvalue weighted by Crippen LogP contribution is 2.04. The second kappa shape index (κ2) is 12.1. The zero-order valence-electron chi connectivity index (χ0n) is 15.1. The first-order valence-electron chi connectivity index (χ1n) is 9.09. The third-order valence-corrected chi connectivity index (χ3v) is 3.99. The molecule has 0 radical (unpaired) electrons. The molecule has 0 unspecified atom stereocenters. The molecule has 0 aromatic heterocycles. The first-order chi connectivity index (χ1) is 12.8. The molecule has 2 aromatic rings. The van der Waals surface area contributed by atoms with E-state index in [1.165, 1.54) is 0 Å². The third kappa shape index (κ3) is 7.72. The average molecular weight is 354 g/mol. The molecule has 138 valence electrons. The summed E-state index contributed by atoms with van der Waals surface area (Å²) in [5, 5.41) is 0. The van der Waals surface area contributed by atoms with Crippen LogP contribution < -0.4 is 0 Å². The number of ether oxygens (including phenoxy) is 2. The summed E-state index contributed by atoms with van der Waals surface area (Å²) in [6.45, 7) is 1.45. The quantitative estimate of drug-likeness (QED) is 0.396. The van der Waals surface area contributed by atoms with Crippen molar-refractivity contribution >= 4 is 11.6 Å². The number of benzene rings is 2. The molecule has 0 aliphatic rings. The first-order valence-corrected chi connectivity index (χ1v) is 9.09. The maximum Gasteiger partial charge on any atom is 0.188 e. The summed E-state index contributed by atoms with van der Waals surface area (Å²) < 4.78 is 10.9. The molecule has 26 heavy (non-hydrogen) atoms. The molecule has 0 aliphatic heterocycles. The van der Waals surface area contributed by atoms with Crippen molar-refractivity contribution in [2.24, 2.45) is 0 Å². The van der Waals surface area contributed by atoms with Crippen molar-refractivity contribution < 1.29 is 19.1 Å². The topological polar surface area (TPSA) is 52.6 Å². The molecule has 0 amide bonds. The van der Waals surface area contributed by atoms with Gasteiger partial charge in [0.15, 0.2) is 11.6 Å². The van der Waals surface area contributed by atoms with Gasteiger partial charge in [0.05, 0.1) is 0 Å². The standard InChI is InChI=1S/C22H26O4/c23-21(19-11-5-3-6-12-19)17-25-15-9-1-2-10-16-26-18-22(24)20-13-7-4-8-14-20/h3-8,11-14H,1-2,9-10,15-18H2. The van der Waals surface area contributed by atoms with E-state index in [0.29, 0.717) is 24.3 Å². The van der Waals surface area contributed by atoms with Gasteiger partial charge in [0.2, 0.25) is 0 Å². The summed E-state index contributed by atoms with van der Waals surface area (Å²) in [6, 6.07) is 18.4. The van der Waals surface area contributed by atoms with Gasteiger partial charge in [-0.1, -0.05) is 73.5 Å². The Hall–Kier alpha value is -2.30. The summed E-state index contributed by atoms with van der Waals surface area (Å²) >= 11 is 0. The molecule has 2 aromatic carbocycles. The highest BCUT2D eigenvalue weighted by Gasteiger charge is 2.05. The van der Waals surface area contributed by atoms with Crippen molar-refractivity contribution in [3.8, 4) is 0 Å². The molecule has 0 aliphatic carbocycles. The van der Waals surface area contributed by atoms with Crippen LogP contribution in [0.1, 0.15) is 46.4 Å². The van der Waals surface area contributed by atoms with Gasteiger partial charge in [-0.15, -0.1) is 0 Å². The number of unbranched alkanes of at least 4 members (excludes halogenated alkanes) is 3. The second-order valence-electron chi connectivity index (χ2n) is 6.10. The lowest BCUT2D eigenvalue weighted by Gasteiger charge is -2.05. The molecule has 0 fully saturated rings. The van der Waals surface area contributed by atoms with Gasteiger partial charge in [0.1, 0.15) is 13.2 Å². The molecule has 0 atom stereocenters. The lowest BCUT2D eigenvalue weighted by atomic mass is 10.1. The molecule has 4 heteroatoms. The number of hydrogen-bond acceptors (Lipinski definition) is 4. The van der Waals surface area contributed by atoms with Crippen LogP contribution in [0.15, 0.2) is 60.7 Å². The predicted molar refractivity (Wildman–Crippen MR) is 102 cm³/mol. The smallest absolute Gasteiger partial charge is 0.188 e. The Balaban J connectivity index is 1.41. The molecule has 0 bridgehead atoms. The van der Waals surface area contributed by atoms with E-state index < -0.39 is 0 Å². The van der Waals surface area contributed by atoms with Crippen LogP contribution in [-0.4, -0.2) is 38.0 Å². The van der Waals surface area contributed by atoms with Gasteiger partial charge in [-0.2, -0.15) is 0 Å². The maximum absolute atomic E-state index is 11.8. The highest BCUT2D eigenvalue weighted by molar-refractivity contribution is 5.97. The molecular weight excluding hydrogens is 328 g/mol. The fraction of sp³-hybridized carbons (Fsp3) is 0.364. The highest BCUT2D eigenvalue weighted by atomic mass is 16.5. The molecule has 0 saturated carbocycles. The van der Waals surface area contributed by atoms with Gasteiger partial charge in [-0.05, 0) is 12.8 Å². The van der Waals surface area contributed by atoms with Crippen molar-refractivity contribution in [3.63, 3.8) is 0 Å². The van der Waals surface area contributed by atoms with Crippen LogP contribution in [-0.2, 0) is 9.47 Å². The third-order valence-electron chi connectivity index (χ3n) is 3.99. The number of carbonyl (C=O) groups excluding carboxylic acids is 2. The van der Waals surface area contributed by atoms with Crippen LogP contribution in [0.2, 0.25) is 0 Å². The minimum atomic E-state index is 0.0158. The number of rotatable bonds is 13. The summed E-state index contributed by atoms with van der Waals surface area (Å²) in [7, 11) is 0. The van der Waals surface area contributed by atoms with E-state index in [4.69, 9.17) is 9.47 Å². The molecule has 4 nitrogen and oxygen atoms in total. The van der Waals surface area contributed by atoms with E-state index in [1.54, 1.807) is 24.3 Å². The molecule has 0 heterocycles. The van der Waals surface area contributed by atoms with Gasteiger partial charge in [0, 0.05) is 24.3 Å². The Labute approximate surface area is 155 Å². The minimum Gasteiger partial charge on any atom is -0.373 e. The Morgan fingerprint density at radius 1 is 0.577 bits per heavy atom. The van der Waals surface area contributed by atoms with Crippen LogP contribution in [0.25, 0.3) is 0 Å². The fourth-order valence-corrected chi connectivity index (χ4v) is 2.51. The normalized spacial score (nSPS) is 10.6. The molecular formula is C22H26O4. The van der Waals surface area contributed by atoms with Crippen LogP contribution in [0.3, 0.4) is 0 Å². The average Bonchev–Trinajstić information content (AvgIpc) is 2.70. The van der Waals surface area contributed by atoms with E-state index in [0.717, 1.165) is 25.7 Å². The molecule has 0 N–H and O–H groups in total. The van der Waals surface area contributed by atoms with Crippen LogP contribution in [0.5, 0.6) is 0 Å². The maximum atomic E-state index is 11.8. The van der Waals surface area contributed by atoms with Gasteiger partial charge >= 0.3 is 0 Å². The van der Waals surface area contributed by atoms with E-state index in [-0.39, 0.29) is 24.8 Å². The van der Waals surface area contributed by atoms with Gasteiger partial charge in [0.25, 0.3) is 0 Å². The Kier molecular flexibility index (Phi) is 9.33. The fourth-order valence-electron chi connectivity index (χ4n) is 2.51. The summed E-state index contributed by atoms with van der Waals surface area (Å²) in [6.07, 6.45) is 3.89. The molecule has 0 saturated heterocycles. The van der Waals surface area contributed by atoms with Crippen LogP contribution in [0, 0.1) is 0 Å². The van der Waals surface area contributed by atoms with E-state index in [1.807, 2.05) is 36.4 Å². The molecule has 0 spiro atoms. The van der Waals surface area contributed by atoms with E-state index in [9.17, 15) is 9.59 Å². The zero-order valence-corrected chi connectivity index (χ0v) is 15.1. The van der Waals surface area contributed by atoms with Crippen molar-refractivity contribution in [2.45, 2.75) is 25.7 Å². The Morgan fingerprint density at radius 2 is 0.962 bits per heavy atom. The minimum absolute atomic E-state index is 0.0158. The van der Waals surface area contributed by atoms with Crippen molar-refractivity contribution in [1.29, 1.82) is 0 Å². The molecule has 2 rings (SSSR count). The van der Waals surface area contributed by atoms with Crippen molar-refractivity contribution in [2.75, 3.05) is 26.4 Å². The van der Waals surface area contributed by atoms with Crippen LogP contribution >= 0.6 is 0 Å². The SMILES string of the molecule is O=C(COCCCCCCOCC(=O)c1ccccc1)c1ccccc1. The van der Waals surface area contributed by atoms with E-state index >= 15 is 0 Å². The number of ketones is 2. The first kappa shape index (κ1) is 20.0. The lowest BCUT2D eigenvalue weighted by molar-refractivity contribution is 0.0730. The summed E-state index contributed by atoms with van der Waals surface area (Å²) in [5.74, 6) is 0.0316. The number of hydrogen-bond donors (Lipinski definition) is 0. The van der Waals surface area contributed by atoms with Crippen molar-refractivity contribution in [3.05, 3.63) is 71.8 Å². The number of Topliss-reactive ketones (excluding diaryl/α,β-unsaturated/α-hetero) is 2. The second-order valence-corrected chi connectivity index (χ2v) is 6.10. The largest absolute Gasteiger partial charge is 0.373 e. The Bertz CT molecular complexity index is 593. The van der Waals surface area contributed by atoms with Gasteiger partial charge in [-0.3, -0.25) is 9.59 Å². The summed E-state index contributed by atoms with van der Waals surface area (Å²) in [4.78, 5) is 23.7. The lowest BCUT2D eigenvalue weighted by Crippen LogP contribution is -2.10. The zero-order chi connectivity index (χ0) is 18.5. The summed E-state index contributed by atoms with van der Waals surface area (Å²) in [5.41, 5.74) is 1.38. The monoisotopic (exact) mass is 354 g/mol. The predicted octanol–water partition coefficient (Wildman–Crippen LogP) is 4.35.